The van der Waals surface area contributed by atoms with E-state index in [1.807, 2.05) is 0 Å². The summed E-state index contributed by atoms with van der Waals surface area (Å²) < 4.78 is 64.9. The first-order valence-corrected chi connectivity index (χ1v) is 8.28. The molecule has 116 valence electrons. The number of rotatable bonds is 7. The molecule has 0 unspecified atom stereocenters. The number of carbonyl (C=O) groups is 1. The highest BCUT2D eigenvalue weighted by Gasteiger charge is 2.28. The van der Waals surface area contributed by atoms with E-state index in [2.05, 4.69) is 11.9 Å². The lowest BCUT2D eigenvalue weighted by atomic mass is 10.3. The zero-order valence-corrected chi connectivity index (χ0v) is 13.7. The second kappa shape index (κ2) is 9.08. The molecule has 1 rings (SSSR count). The first-order valence-electron chi connectivity index (χ1n) is 4.69. The van der Waals surface area contributed by atoms with E-state index in [0.717, 1.165) is 6.08 Å². The van der Waals surface area contributed by atoms with E-state index in [1.54, 1.807) is 0 Å². The molecule has 0 aliphatic carbocycles. The lowest BCUT2D eigenvalue weighted by Gasteiger charge is -2.17. The zero-order valence-electron chi connectivity index (χ0n) is 9.62. The van der Waals surface area contributed by atoms with Gasteiger partial charge >= 0.3 is 0 Å². The van der Waals surface area contributed by atoms with E-state index < -0.39 is 96.8 Å². The van der Waals surface area contributed by atoms with Crippen LogP contribution in [0.3, 0.4) is 0 Å². The molecule has 0 aromatic heterocycles. The fraction of sp³-hybridized carbons (Fsp3) is 0. The summed E-state index contributed by atoms with van der Waals surface area (Å²) >= 11 is -2.68. The van der Waals surface area contributed by atoms with E-state index >= 15 is 0 Å². The van der Waals surface area contributed by atoms with Gasteiger partial charge in [0.1, 0.15) is 0 Å². The number of carbonyl (C=O) groups excluding carboxylic acids is 1. The Hall–Kier alpha value is -0.170. The molecule has 0 heterocycles. The van der Waals surface area contributed by atoms with Gasteiger partial charge in [0.05, 0.1) is 90.9 Å². The molecule has 12 heteroatoms. The largest absolute Gasteiger partial charge is 0.320 e. The van der Waals surface area contributed by atoms with Gasteiger partial charge in [0.2, 0.25) is 5.91 Å². The normalized spacial score (nSPS) is 10.5. The first-order chi connectivity index (χ1) is 10.1. The van der Waals surface area contributed by atoms with Crippen molar-refractivity contribution < 1.29 is 24.2 Å². The molecule has 0 aliphatic rings. The van der Waals surface area contributed by atoms with Crippen LogP contribution in [0.5, 0.6) is 0 Å². The number of benzene rings is 1. The van der Waals surface area contributed by atoms with E-state index in [1.165, 1.54) is 0 Å². The maximum absolute atomic E-state index is 13.1. The summed E-state index contributed by atoms with van der Waals surface area (Å²) in [6.07, 6.45) is 0.807. The van der Waals surface area contributed by atoms with E-state index in [4.69, 9.17) is 0 Å². The molecule has 2 nitrogen and oxygen atoms in total. The zero-order chi connectivity index (χ0) is 16.0. The highest BCUT2D eigenvalue weighted by atomic mass is 32.2. The maximum Gasteiger partial charge on any atom is 0.247 e. The standard InChI is InChI=1S/C9H4F5NOS5/c1-2-3(16)15-4-5(17-10)7(19-12)9(21-14)8(20-13)6(4)18-11/h2H,1H2,(H,15,16). The van der Waals surface area contributed by atoms with Gasteiger partial charge in [0.15, 0.2) is 0 Å². The number of hydrogen-bond acceptors (Lipinski definition) is 6. The topological polar surface area (TPSA) is 29.1 Å². The number of halogens is 5. The van der Waals surface area contributed by atoms with Gasteiger partial charge in [-0.05, 0) is 6.08 Å². The van der Waals surface area contributed by atoms with Gasteiger partial charge in [0, 0.05) is 0 Å². The Morgan fingerprint density at radius 2 is 1.14 bits per heavy atom. The summed E-state index contributed by atoms with van der Waals surface area (Å²) in [6, 6.07) is 0. The predicted octanol–water partition coefficient (Wildman–Crippen LogP) is 6.69. The van der Waals surface area contributed by atoms with Crippen molar-refractivity contribution >= 4 is 72.3 Å². The molecule has 21 heavy (non-hydrogen) atoms. The lowest BCUT2D eigenvalue weighted by Crippen LogP contribution is -2.10. The van der Waals surface area contributed by atoms with Crippen LogP contribution in [0, 0.1) is 0 Å². The molecular weight excluding hydrogens is 393 g/mol. The van der Waals surface area contributed by atoms with Crippen LogP contribution in [0.2, 0.25) is 0 Å². The van der Waals surface area contributed by atoms with Crippen molar-refractivity contribution in [2.24, 2.45) is 0 Å². The van der Waals surface area contributed by atoms with Crippen LogP contribution in [0.1, 0.15) is 0 Å². The average molecular weight is 397 g/mol. The van der Waals surface area contributed by atoms with Crippen LogP contribution in [-0.2, 0) is 4.79 Å². The third-order valence-electron chi connectivity index (χ3n) is 2.10. The van der Waals surface area contributed by atoms with Crippen LogP contribution in [0.25, 0.3) is 0 Å². The molecule has 0 bridgehead atoms. The van der Waals surface area contributed by atoms with Gasteiger partial charge in [-0.3, -0.25) is 4.79 Å². The Morgan fingerprint density at radius 3 is 1.43 bits per heavy atom. The molecule has 0 spiro atoms. The van der Waals surface area contributed by atoms with Crippen molar-refractivity contribution in [3.05, 3.63) is 12.7 Å². The van der Waals surface area contributed by atoms with Crippen LogP contribution >= 0.6 is 60.7 Å². The maximum atomic E-state index is 13.1. The molecule has 0 radical (unpaired) electrons. The minimum absolute atomic E-state index is 0.488. The molecule has 0 saturated heterocycles. The average Bonchev–Trinajstić information content (AvgIpc) is 2.52. The minimum Gasteiger partial charge on any atom is -0.320 e. The highest BCUT2D eigenvalue weighted by Crippen LogP contribution is 2.54. The Labute approximate surface area is 138 Å². The van der Waals surface area contributed by atoms with Gasteiger partial charge < -0.3 is 5.32 Å². The number of anilines is 1. The predicted molar refractivity (Wildman–Crippen MR) is 80.1 cm³/mol. The molecule has 1 aromatic carbocycles. The van der Waals surface area contributed by atoms with Gasteiger partial charge in [0.25, 0.3) is 0 Å². The summed E-state index contributed by atoms with van der Waals surface area (Å²) in [6.45, 7) is 3.15. The van der Waals surface area contributed by atoms with Crippen LogP contribution < -0.4 is 5.32 Å². The third-order valence-corrected chi connectivity index (χ3v) is 5.43. The molecule has 0 aliphatic heterocycles. The van der Waals surface area contributed by atoms with Crippen LogP contribution in [-0.4, -0.2) is 5.91 Å². The quantitative estimate of drug-likeness (QED) is 0.407. The summed E-state index contributed by atoms with van der Waals surface area (Å²) in [4.78, 5) is 8.39. The van der Waals surface area contributed by atoms with Crippen LogP contribution in [0.15, 0.2) is 37.1 Å². The molecule has 1 amide bonds. The fourth-order valence-corrected chi connectivity index (χ4v) is 4.14. The Balaban J connectivity index is 3.72. The summed E-state index contributed by atoms with van der Waals surface area (Å²) in [7, 11) is 0. The number of amides is 1. The Morgan fingerprint density at radius 1 is 0.810 bits per heavy atom. The van der Waals surface area contributed by atoms with Crippen molar-refractivity contribution in [2.75, 3.05) is 5.32 Å². The second-order valence-corrected chi connectivity index (χ2v) is 5.91. The minimum atomic E-state index is -0.842. The van der Waals surface area contributed by atoms with Crippen molar-refractivity contribution in [3.8, 4) is 0 Å². The fourth-order valence-electron chi connectivity index (χ4n) is 1.28. The molecule has 1 N–H and O–H groups in total. The molecule has 0 atom stereocenters. The first kappa shape index (κ1) is 18.9. The van der Waals surface area contributed by atoms with Crippen molar-refractivity contribution in [1.29, 1.82) is 0 Å². The Kier molecular flexibility index (Phi) is 8.16. The smallest absolute Gasteiger partial charge is 0.247 e. The lowest BCUT2D eigenvalue weighted by molar-refractivity contribution is -0.111. The monoisotopic (exact) mass is 397 g/mol. The van der Waals surface area contributed by atoms with Crippen LogP contribution in [0.4, 0.5) is 25.1 Å². The van der Waals surface area contributed by atoms with E-state index in [0.29, 0.717) is 0 Å². The highest BCUT2D eigenvalue weighted by molar-refractivity contribution is 8.00. The van der Waals surface area contributed by atoms with Crippen molar-refractivity contribution in [2.45, 2.75) is 24.5 Å². The van der Waals surface area contributed by atoms with E-state index in [-0.39, 0.29) is 0 Å². The molecule has 1 aromatic rings. The SMILES string of the molecule is C=CC(=O)Nc1c(SF)c(SF)c(SF)c(SF)c1SF. The summed E-state index contributed by atoms with van der Waals surface area (Å²) in [5.74, 6) is -0.842. The second-order valence-electron chi connectivity index (χ2n) is 3.10. The molecular formula is C9H4F5NOS5. The van der Waals surface area contributed by atoms with Gasteiger partial charge in [-0.25, -0.2) is 0 Å². The van der Waals surface area contributed by atoms with Crippen molar-refractivity contribution in [3.63, 3.8) is 0 Å². The van der Waals surface area contributed by atoms with Gasteiger partial charge in [-0.1, -0.05) is 6.58 Å². The Bertz CT molecular complexity index is 525. The number of nitrogens with one attached hydrogen (secondary N) is 1. The third kappa shape index (κ3) is 3.97. The number of hydrogen-bond donors (Lipinski definition) is 1. The van der Waals surface area contributed by atoms with E-state index in [9.17, 15) is 24.2 Å². The van der Waals surface area contributed by atoms with Gasteiger partial charge in [-0.2, -0.15) is 19.4 Å². The van der Waals surface area contributed by atoms with Crippen molar-refractivity contribution in [1.82, 2.24) is 0 Å². The summed E-state index contributed by atoms with van der Waals surface area (Å²) in [5, 5.41) is 2.06. The molecule has 0 saturated carbocycles. The summed E-state index contributed by atoms with van der Waals surface area (Å²) in [5.41, 5.74) is -0.488. The van der Waals surface area contributed by atoms with Gasteiger partial charge in [-0.15, -0.1) is 0 Å². The molecule has 0 fully saturated rings.